The summed E-state index contributed by atoms with van der Waals surface area (Å²) in [6.45, 7) is 20.5. The number of hydrogen-bond acceptors (Lipinski definition) is 3. The van der Waals surface area contributed by atoms with Gasteiger partial charge in [-0.25, -0.2) is 4.98 Å². The molecule has 0 radical (unpaired) electrons. The maximum absolute atomic E-state index is 9.05. The van der Waals surface area contributed by atoms with E-state index in [1.54, 1.807) is 18.5 Å². The Hall–Kier alpha value is -5.06. The first-order valence-electron chi connectivity index (χ1n) is 21.8. The van der Waals surface area contributed by atoms with Gasteiger partial charge in [-0.1, -0.05) is 128 Å². The molecule has 0 unspecified atom stereocenters. The molecule has 0 spiro atoms. The van der Waals surface area contributed by atoms with Gasteiger partial charge in [-0.2, -0.15) is 6.07 Å². The van der Waals surface area contributed by atoms with Crippen LogP contribution in [0.5, 0.6) is 11.5 Å². The van der Waals surface area contributed by atoms with Crippen molar-refractivity contribution in [2.75, 3.05) is 0 Å². The van der Waals surface area contributed by atoms with Crippen LogP contribution in [0.15, 0.2) is 104 Å². The maximum atomic E-state index is 9.05. The van der Waals surface area contributed by atoms with Crippen LogP contribution in [0.25, 0.3) is 50.0 Å². The fourth-order valence-electron chi connectivity index (χ4n) is 7.35. The summed E-state index contributed by atoms with van der Waals surface area (Å²) in [6.07, 6.45) is 5.32. The van der Waals surface area contributed by atoms with Crippen molar-refractivity contribution in [1.82, 2.24) is 19.1 Å². The third kappa shape index (κ3) is 8.27. The van der Waals surface area contributed by atoms with E-state index in [1.807, 2.05) is 79.4 Å². The van der Waals surface area contributed by atoms with Crippen molar-refractivity contribution in [1.29, 1.82) is 0 Å². The van der Waals surface area contributed by atoms with E-state index in [2.05, 4.69) is 112 Å². The number of benzene rings is 4. The van der Waals surface area contributed by atoms with E-state index in [-0.39, 0.29) is 43.7 Å². The van der Waals surface area contributed by atoms with Crippen molar-refractivity contribution >= 4 is 32.8 Å². The van der Waals surface area contributed by atoms with Crippen LogP contribution >= 0.6 is 0 Å². The van der Waals surface area contributed by atoms with Gasteiger partial charge in [0.05, 0.1) is 16.7 Å². The van der Waals surface area contributed by atoms with Gasteiger partial charge in [0.15, 0.2) is 0 Å². The molecule has 8 aromatic rings. The molecule has 6 nitrogen and oxygen atoms in total. The molecule has 0 bridgehead atoms. The third-order valence-electron chi connectivity index (χ3n) is 10.1. The summed E-state index contributed by atoms with van der Waals surface area (Å²) in [5, 5.41) is 2.12. The zero-order valence-corrected chi connectivity index (χ0v) is 37.2. The third-order valence-corrected chi connectivity index (χ3v) is 10.1. The Kier molecular flexibility index (Phi) is 9.91. The van der Waals surface area contributed by atoms with Gasteiger partial charge >= 0.3 is 0 Å². The Morgan fingerprint density at radius 1 is 0.724 bits per heavy atom. The molecule has 0 aliphatic carbocycles. The quantitative estimate of drug-likeness (QED) is 0.107. The minimum Gasteiger partial charge on any atom is -0.508 e. The van der Waals surface area contributed by atoms with E-state index in [0.29, 0.717) is 34.0 Å². The van der Waals surface area contributed by atoms with Crippen LogP contribution < -0.4 is 9.30 Å². The molecule has 0 atom stereocenters. The van der Waals surface area contributed by atoms with Crippen molar-refractivity contribution in [2.24, 2.45) is 11.8 Å². The molecule has 0 aliphatic rings. The molecule has 0 saturated carbocycles. The molecule has 4 aromatic heterocycles. The number of imidazole rings is 1. The van der Waals surface area contributed by atoms with Crippen LogP contribution in [0.1, 0.15) is 97.0 Å². The van der Waals surface area contributed by atoms with Gasteiger partial charge in [0, 0.05) is 49.8 Å². The molecule has 58 heavy (non-hydrogen) atoms. The van der Waals surface area contributed by atoms with Crippen molar-refractivity contribution in [3.63, 3.8) is 0 Å². The molecule has 8 rings (SSSR count). The number of fused-ring (bicyclic) bond motifs is 4. The molecule has 0 saturated heterocycles. The van der Waals surface area contributed by atoms with E-state index < -0.39 is 12.7 Å². The monoisotopic (exact) mass is 950 g/mol. The van der Waals surface area contributed by atoms with Crippen LogP contribution in [-0.2, 0) is 44.6 Å². The first-order valence-corrected chi connectivity index (χ1v) is 19.8. The molecular formula is C51H53N5OPt-2. The van der Waals surface area contributed by atoms with Gasteiger partial charge in [-0.3, -0.25) is 4.57 Å². The van der Waals surface area contributed by atoms with Gasteiger partial charge in [-0.05, 0) is 100 Å². The van der Waals surface area contributed by atoms with Crippen molar-refractivity contribution in [2.45, 2.75) is 92.8 Å². The number of para-hydroxylation sites is 1. The second-order valence-electron chi connectivity index (χ2n) is 17.6. The van der Waals surface area contributed by atoms with Crippen LogP contribution in [0.4, 0.5) is 0 Å². The van der Waals surface area contributed by atoms with Crippen LogP contribution in [-0.4, -0.2) is 19.1 Å². The predicted octanol–water partition coefficient (Wildman–Crippen LogP) is 12.0. The minimum atomic E-state index is -1.71. The average Bonchev–Trinajstić information content (AvgIpc) is 3.76. The smallest absolute Gasteiger partial charge is 0.268 e. The summed E-state index contributed by atoms with van der Waals surface area (Å²) in [6, 6.07) is 35.1. The zero-order chi connectivity index (χ0) is 43.8. The molecule has 0 amide bonds. The minimum absolute atomic E-state index is 0. The molecular weight excluding hydrogens is 894 g/mol. The topological polar surface area (TPSA) is 48.8 Å². The van der Waals surface area contributed by atoms with Crippen molar-refractivity contribution in [3.8, 4) is 28.7 Å². The predicted molar refractivity (Wildman–Crippen MR) is 232 cm³/mol. The Balaban J connectivity index is 0.00000578. The summed E-state index contributed by atoms with van der Waals surface area (Å²) >= 11 is 0. The van der Waals surface area contributed by atoms with E-state index in [1.165, 1.54) is 5.56 Å². The van der Waals surface area contributed by atoms with Crippen molar-refractivity contribution in [3.05, 3.63) is 144 Å². The Morgan fingerprint density at radius 2 is 1.41 bits per heavy atom. The second-order valence-corrected chi connectivity index (χ2v) is 17.6. The van der Waals surface area contributed by atoms with E-state index in [0.717, 1.165) is 44.2 Å². The van der Waals surface area contributed by atoms with E-state index in [9.17, 15) is 0 Å². The first kappa shape index (κ1) is 36.1. The number of rotatable bonds is 9. The number of pyridine rings is 2. The van der Waals surface area contributed by atoms with Gasteiger partial charge in [-0.15, -0.1) is 23.6 Å². The average molecular weight is 951 g/mol. The van der Waals surface area contributed by atoms with E-state index >= 15 is 0 Å². The van der Waals surface area contributed by atoms with Crippen molar-refractivity contribution < 1.29 is 35.9 Å². The summed E-state index contributed by atoms with van der Waals surface area (Å²) in [7, 11) is 0. The van der Waals surface area contributed by atoms with Gasteiger partial charge in [0.25, 0.3) is 6.33 Å². The SMILES string of the molecule is [2H]C([2H])(c1cc(-[n+]2[c-]n(-c3[c-]c(Oc4[c-]c5c(cc4)c4ccccc4n5-c4cc(C(C)(C)C)ccn4)cnc3)c3cc(C(C)(C)C)ccc32)cc(C([2H])([2H])C(C)C)c1)C(C)C.[Pt]. The van der Waals surface area contributed by atoms with E-state index in [4.69, 9.17) is 15.2 Å². The molecule has 7 heteroatoms. The van der Waals surface area contributed by atoms with Gasteiger partial charge < -0.3 is 18.9 Å². The van der Waals surface area contributed by atoms with Gasteiger partial charge in [0.1, 0.15) is 5.82 Å². The normalized spacial score (nSPS) is 13.8. The molecule has 4 aromatic carbocycles. The fourth-order valence-corrected chi connectivity index (χ4v) is 7.35. The van der Waals surface area contributed by atoms with Crippen LogP contribution in [0.3, 0.4) is 0 Å². The Labute approximate surface area is 363 Å². The largest absolute Gasteiger partial charge is 0.508 e. The molecule has 0 fully saturated rings. The second kappa shape index (κ2) is 15.9. The Morgan fingerprint density at radius 3 is 2.10 bits per heavy atom. The molecule has 300 valence electrons. The summed E-state index contributed by atoms with van der Waals surface area (Å²) in [5.74, 6) is 1.00. The number of nitrogens with zero attached hydrogens (tertiary/aromatic N) is 5. The van der Waals surface area contributed by atoms with Crippen LogP contribution in [0.2, 0.25) is 0 Å². The number of hydrogen-bond donors (Lipinski definition) is 0. The molecule has 0 N–H and O–H groups in total. The zero-order valence-electron chi connectivity index (χ0n) is 38.9. The Bertz CT molecular complexity index is 2920. The summed E-state index contributed by atoms with van der Waals surface area (Å²) in [5.41, 5.74) is 7.60. The molecule has 4 heterocycles. The fraction of sp³-hybridized carbons (Fsp3) is 0.314. The molecule has 0 aliphatic heterocycles. The summed E-state index contributed by atoms with van der Waals surface area (Å²) < 4.78 is 48.6. The first-order chi connectivity index (χ1) is 28.6. The van der Waals surface area contributed by atoms with Gasteiger partial charge in [0.2, 0.25) is 0 Å². The van der Waals surface area contributed by atoms with Crippen LogP contribution in [0, 0.1) is 30.3 Å². The summed E-state index contributed by atoms with van der Waals surface area (Å²) in [4.78, 5) is 9.42. The number of ether oxygens (including phenoxy) is 1. The standard InChI is InChI=1S/C51H53N5O.Pt/c1-33(2)21-35-23-36(22-34(3)4)25-39(24-35)54-32-55(48-26-37(50(5,6)7)15-18-46(48)54)40-28-42(31-52-30-40)57-41-16-17-44-43-13-11-12-14-45(43)56(47(44)29-41)49-27-38(19-20-53-49)51(8,9)10;/h11-20,23-27,30-31,33-34H,21-22H2,1-10H3;/q-2;/i21D2,22D2;. The number of aromatic nitrogens is 5. The maximum Gasteiger partial charge on any atom is 0.268 e.